The number of carbonyl (C=O) groups excluding carboxylic acids is 1. The lowest BCUT2D eigenvalue weighted by molar-refractivity contribution is -0.119. The van der Waals surface area contributed by atoms with Crippen LogP contribution in [-0.2, 0) is 24.8 Å². The lowest BCUT2D eigenvalue weighted by Crippen LogP contribution is -2.35. The van der Waals surface area contributed by atoms with Crippen LogP contribution < -0.4 is 13.8 Å². The summed E-state index contributed by atoms with van der Waals surface area (Å²) in [7, 11) is -4.43. The number of benzene rings is 1. The van der Waals surface area contributed by atoms with Crippen molar-refractivity contribution in [3.05, 3.63) is 42.4 Å². The highest BCUT2D eigenvalue weighted by Gasteiger charge is 2.42. The van der Waals surface area contributed by atoms with E-state index in [4.69, 9.17) is 9.15 Å². The van der Waals surface area contributed by atoms with E-state index in [1.807, 2.05) is 0 Å². The van der Waals surface area contributed by atoms with Crippen molar-refractivity contribution in [1.29, 1.82) is 0 Å². The van der Waals surface area contributed by atoms with Gasteiger partial charge in [-0.2, -0.15) is 0 Å². The van der Waals surface area contributed by atoms with Gasteiger partial charge in [0.05, 0.1) is 36.3 Å². The molecular formula is C20H27N3O7S2. The Bertz CT molecular complexity index is 1180. The highest BCUT2D eigenvalue weighted by atomic mass is 32.2. The average Bonchev–Trinajstić information content (AvgIpc) is 3.29. The number of furan rings is 1. The Hall–Kier alpha value is -2.41. The van der Waals surface area contributed by atoms with E-state index in [0.717, 1.165) is 6.07 Å². The molecule has 1 aromatic carbocycles. The van der Waals surface area contributed by atoms with Gasteiger partial charge in [0, 0.05) is 6.54 Å². The van der Waals surface area contributed by atoms with E-state index in [9.17, 15) is 21.6 Å². The fourth-order valence-electron chi connectivity index (χ4n) is 3.48. The van der Waals surface area contributed by atoms with Crippen LogP contribution in [0.25, 0.3) is 0 Å². The van der Waals surface area contributed by atoms with Crippen molar-refractivity contribution in [2.75, 3.05) is 37.3 Å². The summed E-state index contributed by atoms with van der Waals surface area (Å²) in [6.45, 7) is 3.42. The van der Waals surface area contributed by atoms with Gasteiger partial charge in [0.2, 0.25) is 26.0 Å². The maximum Gasteiger partial charge on any atom is 0.244 e. The molecule has 1 aliphatic heterocycles. The van der Waals surface area contributed by atoms with Crippen molar-refractivity contribution in [1.82, 2.24) is 9.62 Å². The topological polar surface area (TPSA) is 126 Å². The van der Waals surface area contributed by atoms with Gasteiger partial charge in [-0.3, -0.25) is 9.69 Å². The summed E-state index contributed by atoms with van der Waals surface area (Å²) < 4.78 is 65.4. The molecule has 1 aliphatic rings. The Balaban J connectivity index is 1.97. The van der Waals surface area contributed by atoms with Gasteiger partial charge in [-0.25, -0.2) is 25.9 Å². The third-order valence-electron chi connectivity index (χ3n) is 5.07. The highest BCUT2D eigenvalue weighted by molar-refractivity contribution is 7.94. The van der Waals surface area contributed by atoms with E-state index in [1.165, 1.54) is 25.3 Å². The lowest BCUT2D eigenvalue weighted by atomic mass is 10.2. The van der Waals surface area contributed by atoms with Gasteiger partial charge < -0.3 is 9.15 Å². The quantitative estimate of drug-likeness (QED) is 0.567. The first-order valence-corrected chi connectivity index (χ1v) is 13.1. The first kappa shape index (κ1) is 24.2. The van der Waals surface area contributed by atoms with Crippen LogP contribution in [-0.4, -0.2) is 60.6 Å². The lowest BCUT2D eigenvalue weighted by Gasteiger charge is -2.23. The van der Waals surface area contributed by atoms with E-state index in [2.05, 4.69) is 4.72 Å². The minimum absolute atomic E-state index is 0.00336. The van der Waals surface area contributed by atoms with Crippen LogP contribution >= 0.6 is 0 Å². The molecule has 2 aromatic rings. The van der Waals surface area contributed by atoms with Gasteiger partial charge in [0.15, 0.2) is 0 Å². The van der Waals surface area contributed by atoms with Crippen LogP contribution in [0.3, 0.4) is 0 Å². The zero-order valence-electron chi connectivity index (χ0n) is 18.3. The minimum Gasteiger partial charge on any atom is -0.492 e. The third-order valence-corrected chi connectivity index (χ3v) is 8.39. The Morgan fingerprint density at radius 2 is 2.03 bits per heavy atom. The monoisotopic (exact) mass is 485 g/mol. The number of hydrogen-bond acceptors (Lipinski definition) is 8. The molecule has 0 bridgehead atoms. The van der Waals surface area contributed by atoms with E-state index in [0.29, 0.717) is 10.1 Å². The first-order chi connectivity index (χ1) is 15.0. The van der Waals surface area contributed by atoms with Crippen LogP contribution in [0, 0.1) is 5.92 Å². The Labute approximate surface area is 188 Å². The first-order valence-electron chi connectivity index (χ1n) is 10.0. The molecule has 1 N–H and O–H groups in total. The molecule has 0 spiro atoms. The van der Waals surface area contributed by atoms with Crippen LogP contribution in [0.5, 0.6) is 5.75 Å². The van der Waals surface area contributed by atoms with Gasteiger partial charge in [0.1, 0.15) is 16.4 Å². The van der Waals surface area contributed by atoms with Crippen molar-refractivity contribution in [3.63, 3.8) is 0 Å². The van der Waals surface area contributed by atoms with Crippen LogP contribution in [0.15, 0.2) is 45.9 Å². The summed E-state index contributed by atoms with van der Waals surface area (Å²) in [5, 5.41) is 0. The Morgan fingerprint density at radius 3 is 2.56 bits per heavy atom. The molecule has 0 aliphatic carbocycles. The van der Waals surface area contributed by atoms with E-state index >= 15 is 0 Å². The molecule has 12 heteroatoms. The molecule has 32 heavy (non-hydrogen) atoms. The number of nitrogens with one attached hydrogen (secondary N) is 1. The largest absolute Gasteiger partial charge is 0.492 e. The predicted octanol–water partition coefficient (Wildman–Crippen LogP) is 1.57. The van der Waals surface area contributed by atoms with Crippen molar-refractivity contribution in [2.24, 2.45) is 5.92 Å². The smallest absolute Gasteiger partial charge is 0.244 e. The van der Waals surface area contributed by atoms with Crippen LogP contribution in [0.4, 0.5) is 5.69 Å². The third kappa shape index (κ3) is 4.82. The number of amides is 1. The number of likely N-dealkylation sites (N-methyl/N-ethyl adjacent to an activating group) is 1. The number of hydrogen-bond donors (Lipinski definition) is 1. The number of nitrogens with zero attached hydrogens (tertiary/aromatic N) is 2. The summed E-state index contributed by atoms with van der Waals surface area (Å²) in [6.07, 6.45) is 1.51. The molecule has 2 unspecified atom stereocenters. The van der Waals surface area contributed by atoms with Crippen molar-refractivity contribution in [2.45, 2.75) is 24.8 Å². The molecule has 1 saturated heterocycles. The summed E-state index contributed by atoms with van der Waals surface area (Å²) in [5.74, 6) is -0.998. The van der Waals surface area contributed by atoms with Gasteiger partial charge >= 0.3 is 0 Å². The van der Waals surface area contributed by atoms with Gasteiger partial charge in [-0.1, -0.05) is 6.92 Å². The fraction of sp³-hybridized carbons (Fsp3) is 0.450. The Kier molecular flexibility index (Phi) is 6.98. The molecule has 3 rings (SSSR count). The van der Waals surface area contributed by atoms with Gasteiger partial charge in [-0.05, 0) is 51.4 Å². The average molecular weight is 486 g/mol. The zero-order chi connectivity index (χ0) is 23.7. The second-order valence-corrected chi connectivity index (χ2v) is 11.3. The number of rotatable bonds is 9. The molecule has 0 radical (unpaired) electrons. The molecule has 2 atom stereocenters. The number of ether oxygens (including phenoxy) is 1. The second kappa shape index (κ2) is 9.22. The van der Waals surface area contributed by atoms with Gasteiger partial charge in [-0.15, -0.1) is 0 Å². The summed E-state index contributed by atoms with van der Waals surface area (Å²) in [6, 6.07) is 6.96. The standard InChI is InChI=1S/C20H27N3O7S2/c1-5-29-18-9-8-15(23-20(24)14(2)13-31(23,25)26)11-19(18)32(27,28)21-12-16(22(3)4)17-7-6-10-30-17/h6-11,14,16,21H,5,12-13H2,1-4H3. The van der Waals surface area contributed by atoms with Gasteiger partial charge in [0.25, 0.3) is 0 Å². The van der Waals surface area contributed by atoms with Crippen LogP contribution in [0.1, 0.15) is 25.6 Å². The SMILES string of the molecule is CCOc1ccc(N2C(=O)C(C)CS2(=O)=O)cc1S(=O)(=O)NCC(c1ccco1)N(C)C. The summed E-state index contributed by atoms with van der Waals surface area (Å²) >= 11 is 0. The summed E-state index contributed by atoms with van der Waals surface area (Å²) in [4.78, 5) is 14.0. The van der Waals surface area contributed by atoms with Crippen LogP contribution in [0.2, 0.25) is 0 Å². The molecule has 1 aromatic heterocycles. The highest BCUT2D eigenvalue weighted by Crippen LogP contribution is 2.34. The minimum atomic E-state index is -4.13. The maximum absolute atomic E-state index is 13.2. The molecule has 176 valence electrons. The van der Waals surface area contributed by atoms with Crippen molar-refractivity contribution >= 4 is 31.6 Å². The molecular weight excluding hydrogens is 458 g/mol. The predicted molar refractivity (Wildman–Crippen MR) is 118 cm³/mol. The normalized spacial score (nSPS) is 19.5. The molecule has 10 nitrogen and oxygen atoms in total. The molecule has 0 saturated carbocycles. The molecule has 2 heterocycles. The van der Waals surface area contributed by atoms with E-state index in [1.54, 1.807) is 38.1 Å². The fourth-order valence-corrected chi connectivity index (χ4v) is 6.49. The maximum atomic E-state index is 13.2. The Morgan fingerprint density at radius 1 is 1.31 bits per heavy atom. The molecule has 1 fully saturated rings. The number of carbonyl (C=O) groups is 1. The number of sulfonamides is 2. The zero-order valence-corrected chi connectivity index (χ0v) is 19.9. The van der Waals surface area contributed by atoms with E-state index in [-0.39, 0.29) is 41.3 Å². The second-order valence-electron chi connectivity index (χ2n) is 7.69. The van der Waals surface area contributed by atoms with Crippen molar-refractivity contribution in [3.8, 4) is 5.75 Å². The molecule has 1 amide bonds. The van der Waals surface area contributed by atoms with E-state index < -0.39 is 31.9 Å². The summed E-state index contributed by atoms with van der Waals surface area (Å²) in [5.41, 5.74) is -0.0432. The van der Waals surface area contributed by atoms with Crippen molar-refractivity contribution < 1.29 is 30.8 Å². The number of anilines is 1.